The van der Waals surface area contributed by atoms with Crippen LogP contribution in [-0.4, -0.2) is 57.6 Å². The van der Waals surface area contributed by atoms with Gasteiger partial charge in [0.1, 0.15) is 0 Å². The zero-order chi connectivity index (χ0) is 16.8. The second kappa shape index (κ2) is 5.91. The van der Waals surface area contributed by atoms with Crippen molar-refractivity contribution in [3.05, 3.63) is 17.0 Å². The Labute approximate surface area is 137 Å². The molecule has 6 heteroatoms. The molecule has 1 saturated heterocycles. The average molecular weight is 321 g/mol. The first-order chi connectivity index (χ1) is 10.9. The molecule has 2 atom stereocenters. The van der Waals surface area contributed by atoms with Crippen LogP contribution in [0.4, 0.5) is 0 Å². The molecule has 3 rings (SSSR count). The van der Waals surface area contributed by atoms with Crippen LogP contribution in [0.15, 0.2) is 0 Å². The van der Waals surface area contributed by atoms with Gasteiger partial charge >= 0.3 is 0 Å². The highest BCUT2D eigenvalue weighted by Crippen LogP contribution is 2.51. The maximum Gasteiger partial charge on any atom is 0.257 e. The van der Waals surface area contributed by atoms with Crippen molar-refractivity contribution < 1.29 is 14.6 Å². The number of aryl methyl sites for hydroxylation is 2. The van der Waals surface area contributed by atoms with E-state index in [4.69, 9.17) is 4.74 Å². The van der Waals surface area contributed by atoms with Crippen molar-refractivity contribution in [1.29, 1.82) is 0 Å². The van der Waals surface area contributed by atoms with Gasteiger partial charge in [0.05, 0.1) is 23.5 Å². The Morgan fingerprint density at radius 1 is 1.39 bits per heavy atom. The number of hydrogen-bond acceptors (Lipinski definition) is 4. The summed E-state index contributed by atoms with van der Waals surface area (Å²) in [7, 11) is 1.86. The lowest BCUT2D eigenvalue weighted by Crippen LogP contribution is -2.62. The largest absolute Gasteiger partial charge is 0.392 e. The fraction of sp³-hybridized carbons (Fsp3) is 0.765. The molecule has 1 N–H and O–H groups in total. The maximum absolute atomic E-state index is 12.8. The lowest BCUT2D eigenvalue weighted by Gasteiger charge is -2.56. The van der Waals surface area contributed by atoms with Crippen LogP contribution in [0.2, 0.25) is 0 Å². The molecule has 0 unspecified atom stereocenters. The van der Waals surface area contributed by atoms with Crippen molar-refractivity contribution in [1.82, 2.24) is 14.7 Å². The van der Waals surface area contributed by atoms with Crippen molar-refractivity contribution in [3.8, 4) is 0 Å². The van der Waals surface area contributed by atoms with E-state index in [-0.39, 0.29) is 23.5 Å². The van der Waals surface area contributed by atoms with Crippen LogP contribution in [0, 0.1) is 19.3 Å². The average Bonchev–Trinajstić information content (AvgIpc) is 2.79. The van der Waals surface area contributed by atoms with Gasteiger partial charge in [-0.25, -0.2) is 0 Å². The number of aliphatic hydroxyl groups is 1. The zero-order valence-electron chi connectivity index (χ0n) is 14.5. The van der Waals surface area contributed by atoms with E-state index in [2.05, 4.69) is 5.10 Å². The Morgan fingerprint density at radius 2 is 2.04 bits per heavy atom. The molecule has 1 amide bonds. The fourth-order valence-electron chi connectivity index (χ4n) is 4.18. The third-order valence-electron chi connectivity index (χ3n) is 5.81. The Morgan fingerprint density at radius 3 is 2.52 bits per heavy atom. The molecule has 2 heterocycles. The summed E-state index contributed by atoms with van der Waals surface area (Å²) in [5.41, 5.74) is 2.26. The molecule has 1 aromatic rings. The molecular formula is C17H27N3O3. The molecule has 128 valence electrons. The van der Waals surface area contributed by atoms with E-state index >= 15 is 0 Å². The number of likely N-dealkylation sites (tertiary alicyclic amines) is 1. The van der Waals surface area contributed by atoms with Crippen LogP contribution in [0.25, 0.3) is 0 Å². The van der Waals surface area contributed by atoms with Gasteiger partial charge in [0.25, 0.3) is 5.91 Å². The lowest BCUT2D eigenvalue weighted by atomic mass is 9.58. The molecule has 1 aliphatic heterocycles. The summed E-state index contributed by atoms with van der Waals surface area (Å²) < 4.78 is 7.55. The van der Waals surface area contributed by atoms with Crippen LogP contribution in [0.5, 0.6) is 0 Å². The summed E-state index contributed by atoms with van der Waals surface area (Å²) in [6.07, 6.45) is 2.19. The molecule has 23 heavy (non-hydrogen) atoms. The van der Waals surface area contributed by atoms with Crippen molar-refractivity contribution in [3.63, 3.8) is 0 Å². The van der Waals surface area contributed by atoms with E-state index in [1.54, 1.807) is 4.68 Å². The second-order valence-electron chi connectivity index (χ2n) is 6.89. The third kappa shape index (κ3) is 2.48. The van der Waals surface area contributed by atoms with Gasteiger partial charge < -0.3 is 14.7 Å². The molecule has 1 saturated carbocycles. The van der Waals surface area contributed by atoms with Gasteiger partial charge in [-0.2, -0.15) is 5.10 Å². The first-order valence-corrected chi connectivity index (χ1v) is 8.50. The van der Waals surface area contributed by atoms with Gasteiger partial charge in [0.15, 0.2) is 0 Å². The first-order valence-electron chi connectivity index (χ1n) is 8.50. The smallest absolute Gasteiger partial charge is 0.257 e. The van der Waals surface area contributed by atoms with Crippen LogP contribution in [-0.2, 0) is 11.8 Å². The van der Waals surface area contributed by atoms with E-state index in [1.165, 1.54) is 0 Å². The van der Waals surface area contributed by atoms with Crippen molar-refractivity contribution in [2.75, 3.05) is 19.7 Å². The van der Waals surface area contributed by atoms with E-state index in [9.17, 15) is 9.90 Å². The minimum Gasteiger partial charge on any atom is -0.392 e. The van der Waals surface area contributed by atoms with Gasteiger partial charge in [0.2, 0.25) is 0 Å². The number of piperidine rings is 1. The molecule has 6 nitrogen and oxygen atoms in total. The summed E-state index contributed by atoms with van der Waals surface area (Å²) in [5.74, 6) is 0.0599. The van der Waals surface area contributed by atoms with Gasteiger partial charge in [-0.3, -0.25) is 9.48 Å². The summed E-state index contributed by atoms with van der Waals surface area (Å²) in [6.45, 7) is 7.83. The number of nitrogens with zero attached hydrogens (tertiary/aromatic N) is 3. The Kier molecular flexibility index (Phi) is 4.23. The maximum atomic E-state index is 12.8. The van der Waals surface area contributed by atoms with Crippen LogP contribution >= 0.6 is 0 Å². The predicted molar refractivity (Wildman–Crippen MR) is 86.3 cm³/mol. The third-order valence-corrected chi connectivity index (χ3v) is 5.81. The molecule has 1 aliphatic carbocycles. The van der Waals surface area contributed by atoms with E-state index < -0.39 is 0 Å². The van der Waals surface area contributed by atoms with Crippen molar-refractivity contribution in [2.45, 2.75) is 52.2 Å². The molecule has 0 bridgehead atoms. The van der Waals surface area contributed by atoms with E-state index in [1.807, 2.05) is 32.7 Å². The molecule has 1 spiro atoms. The summed E-state index contributed by atoms with van der Waals surface area (Å²) in [5, 5.41) is 14.6. The molecule has 1 aromatic heterocycles. The second-order valence-corrected chi connectivity index (χ2v) is 6.89. The highest BCUT2D eigenvalue weighted by molar-refractivity contribution is 5.96. The minimum absolute atomic E-state index is 0.0599. The standard InChI is InChI=1S/C17H27N3O3/c1-5-23-14-10-13(21)17(14)6-8-20(9-7-17)16(22)15-11(2)18-19(4)12(15)3/h13-14,21H,5-10H2,1-4H3/t13-,14-/m1/s1. The molecular weight excluding hydrogens is 294 g/mol. The highest BCUT2D eigenvalue weighted by atomic mass is 16.5. The number of aliphatic hydroxyl groups excluding tert-OH is 1. The van der Waals surface area contributed by atoms with Gasteiger partial charge in [-0.1, -0.05) is 0 Å². The summed E-state index contributed by atoms with van der Waals surface area (Å²) >= 11 is 0. The zero-order valence-corrected chi connectivity index (χ0v) is 14.5. The number of amides is 1. The number of aromatic nitrogens is 2. The van der Waals surface area contributed by atoms with Gasteiger partial charge in [-0.05, 0) is 33.6 Å². The van der Waals surface area contributed by atoms with Crippen molar-refractivity contribution >= 4 is 5.91 Å². The Hall–Kier alpha value is -1.40. The summed E-state index contributed by atoms with van der Waals surface area (Å²) in [4.78, 5) is 14.7. The normalized spacial score (nSPS) is 26.4. The van der Waals surface area contributed by atoms with Crippen molar-refractivity contribution in [2.24, 2.45) is 12.5 Å². The lowest BCUT2D eigenvalue weighted by molar-refractivity contribution is -0.207. The number of rotatable bonds is 3. The number of carbonyl (C=O) groups is 1. The fourth-order valence-corrected chi connectivity index (χ4v) is 4.18. The van der Waals surface area contributed by atoms with Crippen LogP contribution in [0.3, 0.4) is 0 Å². The Bertz CT molecular complexity index is 600. The molecule has 2 aliphatic rings. The molecule has 2 fully saturated rings. The Balaban J connectivity index is 1.70. The number of carbonyl (C=O) groups excluding carboxylic acids is 1. The predicted octanol–water partition coefficient (Wildman–Crippen LogP) is 1.43. The number of ether oxygens (including phenoxy) is 1. The SMILES string of the molecule is CCO[C@@H]1C[C@@H](O)C12CCN(C(=O)c1c(C)nn(C)c1C)CC2. The van der Waals surface area contributed by atoms with Gasteiger partial charge in [0, 0.05) is 44.3 Å². The molecule has 0 radical (unpaired) electrons. The van der Waals surface area contributed by atoms with E-state index in [0.29, 0.717) is 19.7 Å². The van der Waals surface area contributed by atoms with Crippen LogP contribution < -0.4 is 0 Å². The quantitative estimate of drug-likeness (QED) is 0.914. The van der Waals surface area contributed by atoms with E-state index in [0.717, 1.165) is 36.2 Å². The summed E-state index contributed by atoms with van der Waals surface area (Å²) in [6, 6.07) is 0. The topological polar surface area (TPSA) is 67.6 Å². The highest BCUT2D eigenvalue weighted by Gasteiger charge is 2.56. The minimum atomic E-state index is -0.293. The monoisotopic (exact) mass is 321 g/mol. The number of hydrogen-bond donors (Lipinski definition) is 1. The molecule has 0 aromatic carbocycles. The van der Waals surface area contributed by atoms with Crippen LogP contribution in [0.1, 0.15) is 47.9 Å². The van der Waals surface area contributed by atoms with Gasteiger partial charge in [-0.15, -0.1) is 0 Å². The first kappa shape index (κ1) is 16.5.